The summed E-state index contributed by atoms with van der Waals surface area (Å²) in [7, 11) is 2.07. The molecule has 1 atom stereocenters. The van der Waals surface area contributed by atoms with Gasteiger partial charge in [0, 0.05) is 18.4 Å². The monoisotopic (exact) mass is 234 g/mol. The number of hydrogen-bond donors (Lipinski definition) is 1. The molecule has 1 heterocycles. The van der Waals surface area contributed by atoms with Crippen molar-refractivity contribution < 1.29 is 0 Å². The SMILES string of the molecule is CCCCCCCC(Cc1ccncc1)NC. The van der Waals surface area contributed by atoms with E-state index >= 15 is 0 Å². The quantitative estimate of drug-likeness (QED) is 0.661. The van der Waals surface area contributed by atoms with E-state index in [-0.39, 0.29) is 0 Å². The molecule has 0 aliphatic rings. The summed E-state index contributed by atoms with van der Waals surface area (Å²) in [5, 5.41) is 3.42. The van der Waals surface area contributed by atoms with Crippen molar-refractivity contribution in [3.63, 3.8) is 0 Å². The van der Waals surface area contributed by atoms with E-state index in [4.69, 9.17) is 0 Å². The number of aromatic nitrogens is 1. The number of pyridine rings is 1. The molecule has 1 unspecified atom stereocenters. The van der Waals surface area contributed by atoms with E-state index in [1.165, 1.54) is 44.1 Å². The van der Waals surface area contributed by atoms with Crippen LogP contribution in [0.25, 0.3) is 0 Å². The van der Waals surface area contributed by atoms with Crippen LogP contribution in [0.15, 0.2) is 24.5 Å². The Bertz CT molecular complexity index is 272. The summed E-state index contributed by atoms with van der Waals surface area (Å²) in [6, 6.07) is 4.84. The molecule has 0 aliphatic carbocycles. The molecule has 17 heavy (non-hydrogen) atoms. The Hall–Kier alpha value is -0.890. The van der Waals surface area contributed by atoms with E-state index in [0.29, 0.717) is 6.04 Å². The Morgan fingerprint density at radius 3 is 2.47 bits per heavy atom. The van der Waals surface area contributed by atoms with Crippen LogP contribution in [0.1, 0.15) is 51.0 Å². The largest absolute Gasteiger partial charge is 0.317 e. The minimum atomic E-state index is 0.610. The summed E-state index contributed by atoms with van der Waals surface area (Å²) in [5.74, 6) is 0. The van der Waals surface area contributed by atoms with Gasteiger partial charge in [-0.05, 0) is 37.6 Å². The molecule has 0 aromatic carbocycles. The normalized spacial score (nSPS) is 12.6. The van der Waals surface area contributed by atoms with Crippen LogP contribution in [-0.2, 0) is 6.42 Å². The minimum Gasteiger partial charge on any atom is -0.317 e. The van der Waals surface area contributed by atoms with Gasteiger partial charge in [0.2, 0.25) is 0 Å². The lowest BCUT2D eigenvalue weighted by Gasteiger charge is -2.16. The van der Waals surface area contributed by atoms with Crippen LogP contribution in [0.4, 0.5) is 0 Å². The second kappa shape index (κ2) is 9.17. The highest BCUT2D eigenvalue weighted by atomic mass is 14.9. The van der Waals surface area contributed by atoms with Crippen molar-refractivity contribution in [2.75, 3.05) is 7.05 Å². The number of nitrogens with zero attached hydrogens (tertiary/aromatic N) is 1. The van der Waals surface area contributed by atoms with Crippen LogP contribution in [-0.4, -0.2) is 18.1 Å². The van der Waals surface area contributed by atoms with Gasteiger partial charge in [-0.25, -0.2) is 0 Å². The first kappa shape index (κ1) is 14.2. The van der Waals surface area contributed by atoms with Gasteiger partial charge in [0.25, 0.3) is 0 Å². The highest BCUT2D eigenvalue weighted by Crippen LogP contribution is 2.10. The fraction of sp³-hybridized carbons (Fsp3) is 0.667. The highest BCUT2D eigenvalue weighted by Gasteiger charge is 2.06. The number of likely N-dealkylation sites (N-methyl/N-ethyl adjacent to an activating group) is 1. The second-order valence-electron chi connectivity index (χ2n) is 4.75. The molecule has 0 saturated carbocycles. The van der Waals surface area contributed by atoms with E-state index in [2.05, 4.69) is 36.4 Å². The zero-order valence-electron chi connectivity index (χ0n) is 11.3. The van der Waals surface area contributed by atoms with E-state index in [9.17, 15) is 0 Å². The summed E-state index contributed by atoms with van der Waals surface area (Å²) < 4.78 is 0. The van der Waals surface area contributed by atoms with Gasteiger partial charge in [-0.15, -0.1) is 0 Å². The first-order valence-corrected chi connectivity index (χ1v) is 6.93. The predicted octanol–water partition coefficient (Wildman–Crippen LogP) is 3.57. The van der Waals surface area contributed by atoms with Crippen LogP contribution >= 0.6 is 0 Å². The van der Waals surface area contributed by atoms with Crippen molar-refractivity contribution in [3.8, 4) is 0 Å². The van der Waals surface area contributed by atoms with Crippen molar-refractivity contribution in [1.29, 1.82) is 0 Å². The lowest BCUT2D eigenvalue weighted by molar-refractivity contribution is 0.482. The van der Waals surface area contributed by atoms with Crippen LogP contribution < -0.4 is 5.32 Å². The molecule has 96 valence electrons. The molecule has 2 heteroatoms. The molecule has 0 fully saturated rings. The zero-order chi connectivity index (χ0) is 12.3. The summed E-state index contributed by atoms with van der Waals surface area (Å²) in [6.45, 7) is 2.26. The topological polar surface area (TPSA) is 24.9 Å². The van der Waals surface area contributed by atoms with E-state index in [0.717, 1.165) is 6.42 Å². The van der Waals surface area contributed by atoms with Crippen molar-refractivity contribution in [1.82, 2.24) is 10.3 Å². The standard InChI is InChI=1S/C15H26N2/c1-3-4-5-6-7-8-15(16-2)13-14-9-11-17-12-10-14/h9-12,15-16H,3-8,13H2,1-2H3. The Balaban J connectivity index is 2.20. The third-order valence-corrected chi connectivity index (χ3v) is 3.30. The minimum absolute atomic E-state index is 0.610. The zero-order valence-corrected chi connectivity index (χ0v) is 11.3. The summed E-state index contributed by atoms with van der Waals surface area (Å²) in [4.78, 5) is 4.05. The number of hydrogen-bond acceptors (Lipinski definition) is 2. The molecular weight excluding hydrogens is 208 g/mol. The Labute approximate surface area is 106 Å². The van der Waals surface area contributed by atoms with Gasteiger partial charge in [-0.3, -0.25) is 4.98 Å². The van der Waals surface area contributed by atoms with Crippen LogP contribution in [0.3, 0.4) is 0 Å². The van der Waals surface area contributed by atoms with Crippen molar-refractivity contribution in [2.45, 2.75) is 57.9 Å². The number of rotatable bonds is 9. The molecule has 1 rings (SSSR count). The van der Waals surface area contributed by atoms with Gasteiger partial charge in [0.05, 0.1) is 0 Å². The first-order valence-electron chi connectivity index (χ1n) is 6.93. The van der Waals surface area contributed by atoms with Crippen LogP contribution in [0.5, 0.6) is 0 Å². The molecule has 0 amide bonds. The molecule has 0 saturated heterocycles. The van der Waals surface area contributed by atoms with Crippen LogP contribution in [0, 0.1) is 0 Å². The van der Waals surface area contributed by atoms with Crippen molar-refractivity contribution >= 4 is 0 Å². The highest BCUT2D eigenvalue weighted by molar-refractivity contribution is 5.11. The van der Waals surface area contributed by atoms with Crippen molar-refractivity contribution in [2.24, 2.45) is 0 Å². The maximum Gasteiger partial charge on any atom is 0.0270 e. The fourth-order valence-corrected chi connectivity index (χ4v) is 2.15. The Morgan fingerprint density at radius 2 is 1.82 bits per heavy atom. The Kier molecular flexibility index (Phi) is 7.65. The lowest BCUT2D eigenvalue weighted by Crippen LogP contribution is -2.27. The summed E-state index contributed by atoms with van der Waals surface area (Å²) in [5.41, 5.74) is 1.38. The van der Waals surface area contributed by atoms with Gasteiger partial charge in [-0.1, -0.05) is 39.0 Å². The van der Waals surface area contributed by atoms with E-state index in [1.807, 2.05) is 12.4 Å². The average Bonchev–Trinajstić information content (AvgIpc) is 2.38. The van der Waals surface area contributed by atoms with Gasteiger partial charge >= 0.3 is 0 Å². The van der Waals surface area contributed by atoms with Gasteiger partial charge in [0.15, 0.2) is 0 Å². The maximum atomic E-state index is 4.05. The van der Waals surface area contributed by atoms with Gasteiger partial charge in [0.1, 0.15) is 0 Å². The van der Waals surface area contributed by atoms with Gasteiger partial charge < -0.3 is 5.32 Å². The third kappa shape index (κ3) is 6.42. The third-order valence-electron chi connectivity index (χ3n) is 3.30. The van der Waals surface area contributed by atoms with Crippen LogP contribution in [0.2, 0.25) is 0 Å². The number of nitrogens with one attached hydrogen (secondary N) is 1. The van der Waals surface area contributed by atoms with Crippen molar-refractivity contribution in [3.05, 3.63) is 30.1 Å². The second-order valence-corrected chi connectivity index (χ2v) is 4.75. The molecule has 0 spiro atoms. The molecule has 0 aliphatic heterocycles. The maximum absolute atomic E-state index is 4.05. The van der Waals surface area contributed by atoms with Gasteiger partial charge in [-0.2, -0.15) is 0 Å². The molecule has 1 aromatic rings. The fourth-order valence-electron chi connectivity index (χ4n) is 2.15. The van der Waals surface area contributed by atoms with E-state index < -0.39 is 0 Å². The molecule has 0 radical (unpaired) electrons. The Morgan fingerprint density at radius 1 is 1.12 bits per heavy atom. The molecule has 1 N–H and O–H groups in total. The summed E-state index contributed by atoms with van der Waals surface area (Å²) >= 11 is 0. The smallest absolute Gasteiger partial charge is 0.0270 e. The molecule has 2 nitrogen and oxygen atoms in total. The summed E-state index contributed by atoms with van der Waals surface area (Å²) in [6.07, 6.45) is 13.0. The average molecular weight is 234 g/mol. The first-order chi connectivity index (χ1) is 8.36. The predicted molar refractivity (Wildman–Crippen MR) is 74.2 cm³/mol. The van der Waals surface area contributed by atoms with E-state index in [1.54, 1.807) is 0 Å². The molecule has 1 aromatic heterocycles. The number of unbranched alkanes of at least 4 members (excludes halogenated alkanes) is 4. The molecular formula is C15H26N2. The molecule has 0 bridgehead atoms. The lowest BCUT2D eigenvalue weighted by atomic mass is 10.0.